The highest BCUT2D eigenvalue weighted by atomic mass is 16.4. The van der Waals surface area contributed by atoms with Crippen molar-refractivity contribution in [1.82, 2.24) is 19.7 Å². The van der Waals surface area contributed by atoms with Gasteiger partial charge in [0.1, 0.15) is 12.2 Å². The van der Waals surface area contributed by atoms with Gasteiger partial charge in [-0.25, -0.2) is 9.67 Å². The molecule has 2 heterocycles. The Morgan fingerprint density at radius 3 is 3.24 bits per heavy atom. The fourth-order valence-electron chi connectivity index (χ4n) is 2.27. The predicted molar refractivity (Wildman–Crippen MR) is 62.5 cm³/mol. The minimum Gasteiger partial charge on any atom is -0.409 e. The van der Waals surface area contributed by atoms with Crippen molar-refractivity contribution in [3.8, 4) is 0 Å². The van der Waals surface area contributed by atoms with Gasteiger partial charge in [0, 0.05) is 6.54 Å². The van der Waals surface area contributed by atoms with Gasteiger partial charge in [-0.3, -0.25) is 4.90 Å². The van der Waals surface area contributed by atoms with E-state index >= 15 is 0 Å². The van der Waals surface area contributed by atoms with Crippen LogP contribution in [0.4, 0.5) is 0 Å². The first kappa shape index (κ1) is 11.8. The minimum atomic E-state index is 0.0157. The first-order valence-corrected chi connectivity index (χ1v) is 5.84. The van der Waals surface area contributed by atoms with Crippen LogP contribution in [0.3, 0.4) is 0 Å². The maximum Gasteiger partial charge on any atom is 0.156 e. The summed E-state index contributed by atoms with van der Waals surface area (Å²) < 4.78 is 1.86. The Hall–Kier alpha value is -1.63. The molecule has 1 saturated heterocycles. The van der Waals surface area contributed by atoms with Crippen molar-refractivity contribution in [2.24, 2.45) is 10.9 Å². The Bertz CT molecular complexity index is 401. The van der Waals surface area contributed by atoms with Crippen LogP contribution in [-0.4, -0.2) is 43.3 Å². The van der Waals surface area contributed by atoms with Crippen LogP contribution in [0.25, 0.3) is 0 Å². The SMILES string of the molecule is CCn1ncnc1CN1CCCC1C(N)=NO. The van der Waals surface area contributed by atoms with Gasteiger partial charge in [0.25, 0.3) is 0 Å². The van der Waals surface area contributed by atoms with Crippen LogP contribution in [0, 0.1) is 0 Å². The summed E-state index contributed by atoms with van der Waals surface area (Å²) in [4.78, 5) is 6.41. The van der Waals surface area contributed by atoms with E-state index in [0.717, 1.165) is 31.8 Å². The molecule has 1 atom stereocenters. The highest BCUT2D eigenvalue weighted by Gasteiger charge is 2.28. The highest BCUT2D eigenvalue weighted by Crippen LogP contribution is 2.19. The molecule has 0 bridgehead atoms. The average molecular weight is 238 g/mol. The van der Waals surface area contributed by atoms with Crippen molar-refractivity contribution in [2.75, 3.05) is 6.54 Å². The number of aryl methyl sites for hydroxylation is 1. The zero-order chi connectivity index (χ0) is 12.3. The monoisotopic (exact) mass is 238 g/mol. The Kier molecular flexibility index (Phi) is 3.58. The van der Waals surface area contributed by atoms with Crippen molar-refractivity contribution < 1.29 is 5.21 Å². The molecule has 0 aromatic carbocycles. The molecule has 0 spiro atoms. The van der Waals surface area contributed by atoms with Gasteiger partial charge >= 0.3 is 0 Å². The molecule has 3 N–H and O–H groups in total. The van der Waals surface area contributed by atoms with Gasteiger partial charge in [0.05, 0.1) is 12.6 Å². The average Bonchev–Trinajstić information content (AvgIpc) is 2.97. The standard InChI is InChI=1S/C10H18N6O/c1-2-16-9(12-7-13-16)6-15-5-3-4-8(15)10(11)14-17/h7-8,17H,2-6H2,1H3,(H2,11,14). The quantitative estimate of drug-likeness (QED) is 0.333. The smallest absolute Gasteiger partial charge is 0.156 e. The second-order valence-electron chi connectivity index (χ2n) is 4.15. The molecule has 1 aliphatic heterocycles. The van der Waals surface area contributed by atoms with Gasteiger partial charge < -0.3 is 10.9 Å². The first-order chi connectivity index (χ1) is 8.26. The van der Waals surface area contributed by atoms with Crippen molar-refractivity contribution in [2.45, 2.75) is 38.9 Å². The summed E-state index contributed by atoms with van der Waals surface area (Å²) in [6.45, 7) is 4.47. The molecular formula is C10H18N6O. The van der Waals surface area contributed by atoms with Crippen LogP contribution >= 0.6 is 0 Å². The summed E-state index contributed by atoms with van der Waals surface area (Å²) in [5.74, 6) is 1.20. The van der Waals surface area contributed by atoms with Crippen LogP contribution in [0.2, 0.25) is 0 Å². The summed E-state index contributed by atoms with van der Waals surface area (Å²) in [5.41, 5.74) is 5.68. The summed E-state index contributed by atoms with van der Waals surface area (Å²) >= 11 is 0. The van der Waals surface area contributed by atoms with E-state index in [-0.39, 0.29) is 11.9 Å². The zero-order valence-corrected chi connectivity index (χ0v) is 9.95. The molecule has 7 heteroatoms. The molecule has 0 aliphatic carbocycles. The fraction of sp³-hybridized carbons (Fsp3) is 0.700. The molecule has 2 rings (SSSR count). The third kappa shape index (κ3) is 2.38. The summed E-state index contributed by atoms with van der Waals surface area (Å²) in [6.07, 6.45) is 3.55. The molecule has 1 aromatic heterocycles. The van der Waals surface area contributed by atoms with E-state index in [1.165, 1.54) is 0 Å². The van der Waals surface area contributed by atoms with Crippen LogP contribution in [0.1, 0.15) is 25.6 Å². The summed E-state index contributed by atoms with van der Waals surface area (Å²) in [7, 11) is 0. The number of hydrogen-bond acceptors (Lipinski definition) is 5. The van der Waals surface area contributed by atoms with E-state index in [2.05, 4.69) is 20.1 Å². The van der Waals surface area contributed by atoms with E-state index in [9.17, 15) is 0 Å². The molecule has 1 fully saturated rings. The van der Waals surface area contributed by atoms with Gasteiger partial charge in [0.15, 0.2) is 5.84 Å². The van der Waals surface area contributed by atoms with Gasteiger partial charge in [-0.2, -0.15) is 5.10 Å². The molecule has 1 aliphatic rings. The van der Waals surface area contributed by atoms with E-state index in [0.29, 0.717) is 6.54 Å². The molecule has 17 heavy (non-hydrogen) atoms. The maximum atomic E-state index is 8.74. The number of oxime groups is 1. The summed E-state index contributed by atoms with van der Waals surface area (Å²) in [6, 6.07) is 0.0157. The Labute approximate surface area is 99.9 Å². The Morgan fingerprint density at radius 1 is 1.71 bits per heavy atom. The molecule has 0 radical (unpaired) electrons. The third-order valence-electron chi connectivity index (χ3n) is 3.16. The molecule has 0 saturated carbocycles. The van der Waals surface area contributed by atoms with Gasteiger partial charge in [-0.1, -0.05) is 5.16 Å². The van der Waals surface area contributed by atoms with Gasteiger partial charge in [-0.15, -0.1) is 0 Å². The molecule has 94 valence electrons. The van der Waals surface area contributed by atoms with Crippen molar-refractivity contribution in [3.63, 3.8) is 0 Å². The topological polar surface area (TPSA) is 92.6 Å². The Morgan fingerprint density at radius 2 is 2.53 bits per heavy atom. The molecular weight excluding hydrogens is 220 g/mol. The first-order valence-electron chi connectivity index (χ1n) is 5.84. The third-order valence-corrected chi connectivity index (χ3v) is 3.16. The Balaban J connectivity index is 2.08. The number of aromatic nitrogens is 3. The normalized spacial score (nSPS) is 22.2. The number of likely N-dealkylation sites (tertiary alicyclic amines) is 1. The number of nitrogens with zero attached hydrogens (tertiary/aromatic N) is 5. The van der Waals surface area contributed by atoms with Crippen molar-refractivity contribution in [3.05, 3.63) is 12.2 Å². The van der Waals surface area contributed by atoms with Gasteiger partial charge in [-0.05, 0) is 26.3 Å². The van der Waals surface area contributed by atoms with E-state index in [1.807, 2.05) is 11.6 Å². The van der Waals surface area contributed by atoms with Crippen LogP contribution in [0.15, 0.2) is 11.5 Å². The number of amidine groups is 1. The molecule has 1 unspecified atom stereocenters. The lowest BCUT2D eigenvalue weighted by Crippen LogP contribution is -2.40. The highest BCUT2D eigenvalue weighted by molar-refractivity contribution is 5.85. The van der Waals surface area contributed by atoms with E-state index in [1.54, 1.807) is 6.33 Å². The minimum absolute atomic E-state index is 0.0157. The van der Waals surface area contributed by atoms with Crippen LogP contribution in [-0.2, 0) is 13.1 Å². The molecule has 0 amide bonds. The van der Waals surface area contributed by atoms with Gasteiger partial charge in [0.2, 0.25) is 0 Å². The van der Waals surface area contributed by atoms with Crippen molar-refractivity contribution in [1.29, 1.82) is 0 Å². The van der Waals surface area contributed by atoms with Crippen molar-refractivity contribution >= 4 is 5.84 Å². The second-order valence-corrected chi connectivity index (χ2v) is 4.15. The second kappa shape index (κ2) is 5.13. The van der Waals surface area contributed by atoms with E-state index < -0.39 is 0 Å². The van der Waals surface area contributed by atoms with Crippen LogP contribution < -0.4 is 5.73 Å². The molecule has 1 aromatic rings. The van der Waals surface area contributed by atoms with Crippen LogP contribution in [0.5, 0.6) is 0 Å². The zero-order valence-electron chi connectivity index (χ0n) is 9.95. The number of hydrogen-bond donors (Lipinski definition) is 2. The fourth-order valence-corrected chi connectivity index (χ4v) is 2.27. The number of rotatable bonds is 4. The lowest BCUT2D eigenvalue weighted by Gasteiger charge is -2.22. The maximum absolute atomic E-state index is 8.74. The lowest BCUT2D eigenvalue weighted by atomic mass is 10.2. The molecule has 7 nitrogen and oxygen atoms in total. The largest absolute Gasteiger partial charge is 0.409 e. The van der Waals surface area contributed by atoms with E-state index in [4.69, 9.17) is 10.9 Å². The number of nitrogens with two attached hydrogens (primary N) is 1. The lowest BCUT2D eigenvalue weighted by molar-refractivity contribution is 0.265. The predicted octanol–water partition coefficient (Wildman–Crippen LogP) is 0.00880. The summed E-state index contributed by atoms with van der Waals surface area (Å²) in [5, 5.41) is 16.0.